The van der Waals surface area contributed by atoms with Crippen LogP contribution < -0.4 is 9.47 Å². The zero-order valence-corrected chi connectivity index (χ0v) is 18.8. The summed E-state index contributed by atoms with van der Waals surface area (Å²) in [6.07, 6.45) is 2.50. The summed E-state index contributed by atoms with van der Waals surface area (Å²) < 4.78 is 12.3. The molecule has 0 unspecified atom stereocenters. The van der Waals surface area contributed by atoms with Gasteiger partial charge in [-0.15, -0.1) is 0 Å². The Morgan fingerprint density at radius 3 is 1.95 bits per heavy atom. The van der Waals surface area contributed by atoms with Crippen LogP contribution in [0.4, 0.5) is 0 Å². The Morgan fingerprint density at radius 1 is 0.955 bits per heavy atom. The molecule has 0 saturated carbocycles. The van der Waals surface area contributed by atoms with Gasteiger partial charge in [-0.2, -0.15) is 0 Å². The highest BCUT2D eigenvalue weighted by atomic mass is 127. The molecule has 0 amide bonds. The van der Waals surface area contributed by atoms with E-state index in [4.69, 9.17) is 9.47 Å². The lowest BCUT2D eigenvalue weighted by Crippen LogP contribution is -2.47. The van der Waals surface area contributed by atoms with Crippen molar-refractivity contribution >= 4 is 38.7 Å². The van der Waals surface area contributed by atoms with E-state index in [1.807, 2.05) is 0 Å². The summed E-state index contributed by atoms with van der Waals surface area (Å²) in [5.41, 5.74) is 1.36. The molecule has 1 aliphatic heterocycles. The van der Waals surface area contributed by atoms with Crippen LogP contribution in [0.25, 0.3) is 0 Å². The second-order valence-electron chi connectivity index (χ2n) is 8.56. The molecule has 0 N–H and O–H groups in total. The molecule has 0 aliphatic carbocycles. The van der Waals surface area contributed by atoms with Crippen LogP contribution in [0, 0.1) is 3.57 Å². The summed E-state index contributed by atoms with van der Waals surface area (Å²) in [6, 6.07) is 4.28. The van der Waals surface area contributed by atoms with Gasteiger partial charge in [0.1, 0.15) is 0 Å². The van der Waals surface area contributed by atoms with E-state index in [1.165, 1.54) is 21.5 Å². The first-order valence-corrected chi connectivity index (χ1v) is 16.3. The fraction of sp³-hybridized carbons (Fsp3) is 0.625. The molecule has 1 heterocycles. The molecule has 0 radical (unpaired) electrons. The molecular formula is C16H28INO2Si2. The topological polar surface area (TPSA) is 21.7 Å². The van der Waals surface area contributed by atoms with E-state index in [2.05, 4.69) is 78.9 Å². The molecule has 1 aliphatic rings. The van der Waals surface area contributed by atoms with E-state index in [1.54, 1.807) is 0 Å². The van der Waals surface area contributed by atoms with Crippen LogP contribution in [0.5, 0.6) is 11.5 Å². The Morgan fingerprint density at radius 2 is 1.45 bits per heavy atom. The van der Waals surface area contributed by atoms with Crippen LogP contribution in [-0.4, -0.2) is 40.2 Å². The smallest absolute Gasteiger partial charge is 0.231 e. The predicted molar refractivity (Wildman–Crippen MR) is 107 cm³/mol. The van der Waals surface area contributed by atoms with Crippen LogP contribution in [-0.2, 0) is 6.54 Å². The monoisotopic (exact) mass is 449 g/mol. The highest BCUT2D eigenvalue weighted by Gasteiger charge is 2.25. The first kappa shape index (κ1) is 18.3. The number of benzene rings is 1. The molecule has 2 rings (SSSR count). The van der Waals surface area contributed by atoms with Gasteiger partial charge in [0.2, 0.25) is 6.79 Å². The minimum atomic E-state index is -1.12. The summed E-state index contributed by atoms with van der Waals surface area (Å²) in [6.45, 7) is 16.1. The van der Waals surface area contributed by atoms with Crippen molar-refractivity contribution in [2.45, 2.75) is 45.8 Å². The lowest BCUT2D eigenvalue weighted by molar-refractivity contribution is 0.174. The Bertz CT molecular complexity index is 522. The van der Waals surface area contributed by atoms with Crippen molar-refractivity contribution in [2.24, 2.45) is 0 Å². The molecular weight excluding hydrogens is 421 g/mol. The van der Waals surface area contributed by atoms with Crippen molar-refractivity contribution in [3.63, 3.8) is 0 Å². The standard InChI is InChI=1S/C16H28INO2Si2/c1-21(2,3)10-18(11-22(4,5)6)9-13-7-15-16(8-14(13)17)20-12-19-15/h7-8H,9-12H2,1-6H3. The van der Waals surface area contributed by atoms with E-state index < -0.39 is 16.1 Å². The molecule has 22 heavy (non-hydrogen) atoms. The molecule has 0 saturated heterocycles. The molecule has 0 spiro atoms. The second-order valence-corrected chi connectivity index (χ2v) is 20.6. The second kappa shape index (κ2) is 6.82. The lowest BCUT2D eigenvalue weighted by Gasteiger charge is -2.33. The molecule has 0 atom stereocenters. The molecule has 1 aromatic rings. The number of rotatable bonds is 6. The van der Waals surface area contributed by atoms with Crippen molar-refractivity contribution in [1.29, 1.82) is 0 Å². The minimum Gasteiger partial charge on any atom is -0.454 e. The first-order chi connectivity index (χ1) is 10.0. The molecule has 0 bridgehead atoms. The van der Waals surface area contributed by atoms with Gasteiger partial charge >= 0.3 is 0 Å². The van der Waals surface area contributed by atoms with Crippen LogP contribution in [0.1, 0.15) is 5.56 Å². The highest BCUT2D eigenvalue weighted by Crippen LogP contribution is 2.35. The van der Waals surface area contributed by atoms with Gasteiger partial charge in [0.25, 0.3) is 0 Å². The van der Waals surface area contributed by atoms with Crippen molar-refractivity contribution in [3.05, 3.63) is 21.3 Å². The van der Waals surface area contributed by atoms with Gasteiger partial charge in [-0.05, 0) is 52.6 Å². The normalized spacial score (nSPS) is 14.7. The van der Waals surface area contributed by atoms with Gasteiger partial charge in [0.05, 0.1) is 16.1 Å². The average molecular weight is 449 g/mol. The summed E-state index contributed by atoms with van der Waals surface area (Å²) in [4.78, 5) is 2.68. The van der Waals surface area contributed by atoms with E-state index in [9.17, 15) is 0 Å². The van der Waals surface area contributed by atoms with Gasteiger partial charge in [-0.3, -0.25) is 0 Å². The SMILES string of the molecule is C[Si](C)(C)CN(Cc1cc2c(cc1I)OCO2)C[Si](C)(C)C. The molecule has 1 aromatic carbocycles. The Balaban J connectivity index is 2.19. The van der Waals surface area contributed by atoms with Crippen LogP contribution >= 0.6 is 22.6 Å². The zero-order chi connectivity index (χ0) is 16.5. The lowest BCUT2D eigenvalue weighted by atomic mass is 10.2. The maximum atomic E-state index is 5.55. The molecule has 3 nitrogen and oxygen atoms in total. The first-order valence-electron chi connectivity index (χ1n) is 7.84. The van der Waals surface area contributed by atoms with E-state index in [-0.39, 0.29) is 0 Å². The number of hydrogen-bond donors (Lipinski definition) is 0. The minimum absolute atomic E-state index is 0.350. The summed E-state index contributed by atoms with van der Waals surface area (Å²) >= 11 is 2.42. The third-order valence-corrected chi connectivity index (χ3v) is 7.13. The Hall–Kier alpha value is -0.0562. The van der Waals surface area contributed by atoms with Crippen molar-refractivity contribution in [1.82, 2.24) is 4.90 Å². The van der Waals surface area contributed by atoms with Gasteiger partial charge in [-0.1, -0.05) is 39.3 Å². The molecule has 0 aromatic heterocycles. The average Bonchev–Trinajstić information content (AvgIpc) is 2.71. The third-order valence-electron chi connectivity index (χ3n) is 3.33. The number of halogens is 1. The number of nitrogens with zero attached hydrogens (tertiary/aromatic N) is 1. The fourth-order valence-corrected chi connectivity index (χ4v) is 6.79. The van der Waals surface area contributed by atoms with Crippen molar-refractivity contribution < 1.29 is 9.47 Å². The highest BCUT2D eigenvalue weighted by molar-refractivity contribution is 14.1. The van der Waals surface area contributed by atoms with Gasteiger partial charge < -0.3 is 14.4 Å². The third kappa shape index (κ3) is 5.54. The van der Waals surface area contributed by atoms with Crippen molar-refractivity contribution in [3.8, 4) is 11.5 Å². The van der Waals surface area contributed by atoms with Crippen molar-refractivity contribution in [2.75, 3.05) is 19.1 Å². The van der Waals surface area contributed by atoms with E-state index >= 15 is 0 Å². The van der Waals surface area contributed by atoms with E-state index in [0.29, 0.717) is 6.79 Å². The predicted octanol–water partition coefficient (Wildman–Crippen LogP) is 4.58. The van der Waals surface area contributed by atoms with Crippen LogP contribution in [0.2, 0.25) is 39.3 Å². The Labute approximate surface area is 150 Å². The van der Waals surface area contributed by atoms with Gasteiger partial charge in [0, 0.05) is 10.1 Å². The maximum Gasteiger partial charge on any atom is 0.231 e. The Kier molecular flexibility index (Phi) is 5.67. The quantitative estimate of drug-likeness (QED) is 0.469. The van der Waals surface area contributed by atoms with Gasteiger partial charge in [0.15, 0.2) is 11.5 Å². The molecule has 6 heteroatoms. The largest absolute Gasteiger partial charge is 0.454 e. The zero-order valence-electron chi connectivity index (χ0n) is 14.6. The number of hydrogen-bond acceptors (Lipinski definition) is 3. The fourth-order valence-electron chi connectivity index (χ4n) is 2.83. The van der Waals surface area contributed by atoms with E-state index in [0.717, 1.165) is 18.0 Å². The molecule has 0 fully saturated rings. The summed E-state index contributed by atoms with van der Waals surface area (Å²) in [5.74, 6) is 1.78. The van der Waals surface area contributed by atoms with Crippen LogP contribution in [0.3, 0.4) is 0 Å². The van der Waals surface area contributed by atoms with Gasteiger partial charge in [-0.25, -0.2) is 0 Å². The van der Waals surface area contributed by atoms with Crippen LogP contribution in [0.15, 0.2) is 12.1 Å². The summed E-state index contributed by atoms with van der Waals surface area (Å²) in [7, 11) is -2.24. The summed E-state index contributed by atoms with van der Waals surface area (Å²) in [5, 5.41) is 0. The molecule has 124 valence electrons. The maximum absolute atomic E-state index is 5.55. The number of ether oxygens (including phenoxy) is 2. The number of fused-ring (bicyclic) bond motifs is 1.